The van der Waals surface area contributed by atoms with Gasteiger partial charge < -0.3 is 10.9 Å². The van der Waals surface area contributed by atoms with Crippen molar-refractivity contribution < 1.29 is 5.21 Å². The lowest BCUT2D eigenvalue weighted by Gasteiger charge is -2.07. The predicted octanol–water partition coefficient (Wildman–Crippen LogP) is 1.68. The fourth-order valence-electron chi connectivity index (χ4n) is 1.56. The van der Waals surface area contributed by atoms with Gasteiger partial charge >= 0.3 is 0 Å². The SMILES string of the molecule is N/C(=N\O)c1ccccc1Cn1cc(Cl)cn1. The number of hydrogen-bond donors (Lipinski definition) is 2. The summed E-state index contributed by atoms with van der Waals surface area (Å²) in [5, 5.41) is 16.4. The normalized spacial score (nSPS) is 11.7. The molecule has 6 heteroatoms. The monoisotopic (exact) mass is 250 g/mol. The first-order valence-corrected chi connectivity index (χ1v) is 5.32. The molecule has 1 heterocycles. The Morgan fingerprint density at radius 2 is 2.24 bits per heavy atom. The molecule has 0 fully saturated rings. The third-order valence-electron chi connectivity index (χ3n) is 2.34. The summed E-state index contributed by atoms with van der Waals surface area (Å²) in [5.41, 5.74) is 7.19. The Labute approximate surface area is 103 Å². The molecule has 2 aromatic rings. The lowest BCUT2D eigenvalue weighted by molar-refractivity contribution is 0.318. The third-order valence-corrected chi connectivity index (χ3v) is 2.53. The molecule has 2 rings (SSSR count). The van der Waals surface area contributed by atoms with Crippen LogP contribution in [-0.4, -0.2) is 20.8 Å². The molecule has 0 saturated carbocycles. The molecule has 0 spiro atoms. The molecule has 0 saturated heterocycles. The molecule has 0 unspecified atom stereocenters. The number of amidine groups is 1. The molecule has 17 heavy (non-hydrogen) atoms. The molecule has 0 atom stereocenters. The average molecular weight is 251 g/mol. The Hall–Kier alpha value is -2.01. The van der Waals surface area contributed by atoms with Crippen LogP contribution in [0.5, 0.6) is 0 Å². The highest BCUT2D eigenvalue weighted by atomic mass is 35.5. The van der Waals surface area contributed by atoms with Crippen LogP contribution in [0.1, 0.15) is 11.1 Å². The Morgan fingerprint density at radius 1 is 1.47 bits per heavy atom. The van der Waals surface area contributed by atoms with Crippen LogP contribution in [0.4, 0.5) is 0 Å². The Balaban J connectivity index is 2.32. The summed E-state index contributed by atoms with van der Waals surface area (Å²) in [7, 11) is 0. The van der Waals surface area contributed by atoms with Crippen LogP contribution >= 0.6 is 11.6 Å². The van der Waals surface area contributed by atoms with Crippen LogP contribution < -0.4 is 5.73 Å². The van der Waals surface area contributed by atoms with E-state index in [1.807, 2.05) is 18.2 Å². The zero-order valence-corrected chi connectivity index (χ0v) is 9.67. The zero-order valence-electron chi connectivity index (χ0n) is 8.92. The molecule has 1 aromatic carbocycles. The van der Waals surface area contributed by atoms with Gasteiger partial charge in [-0.15, -0.1) is 0 Å². The van der Waals surface area contributed by atoms with Gasteiger partial charge in [0.2, 0.25) is 0 Å². The molecule has 0 aliphatic heterocycles. The second kappa shape index (κ2) is 4.88. The molecule has 88 valence electrons. The van der Waals surface area contributed by atoms with E-state index in [4.69, 9.17) is 22.5 Å². The Morgan fingerprint density at radius 3 is 2.88 bits per heavy atom. The molecular weight excluding hydrogens is 240 g/mol. The highest BCUT2D eigenvalue weighted by Gasteiger charge is 2.07. The number of nitrogens with two attached hydrogens (primary N) is 1. The van der Waals surface area contributed by atoms with Crippen LogP contribution in [0.2, 0.25) is 5.02 Å². The summed E-state index contributed by atoms with van der Waals surface area (Å²) < 4.78 is 1.69. The minimum Gasteiger partial charge on any atom is -0.409 e. The second-order valence-electron chi connectivity index (χ2n) is 3.50. The molecule has 0 amide bonds. The largest absolute Gasteiger partial charge is 0.409 e. The quantitative estimate of drug-likeness (QED) is 0.377. The van der Waals surface area contributed by atoms with Gasteiger partial charge in [0.1, 0.15) is 0 Å². The predicted molar refractivity (Wildman–Crippen MR) is 65.3 cm³/mol. The smallest absolute Gasteiger partial charge is 0.170 e. The topological polar surface area (TPSA) is 76.4 Å². The van der Waals surface area contributed by atoms with Gasteiger partial charge in [0.05, 0.1) is 17.8 Å². The Kier molecular flexibility index (Phi) is 3.30. The van der Waals surface area contributed by atoms with Crippen molar-refractivity contribution in [1.29, 1.82) is 0 Å². The molecule has 0 radical (unpaired) electrons. The zero-order chi connectivity index (χ0) is 12.3. The highest BCUT2D eigenvalue weighted by Crippen LogP contribution is 2.12. The van der Waals surface area contributed by atoms with Crippen molar-refractivity contribution in [3.63, 3.8) is 0 Å². The number of oxime groups is 1. The van der Waals surface area contributed by atoms with Gasteiger partial charge in [-0.2, -0.15) is 5.10 Å². The summed E-state index contributed by atoms with van der Waals surface area (Å²) in [6.07, 6.45) is 3.28. The maximum atomic E-state index is 8.70. The number of nitrogens with zero attached hydrogens (tertiary/aromatic N) is 3. The van der Waals surface area contributed by atoms with E-state index in [2.05, 4.69) is 10.3 Å². The van der Waals surface area contributed by atoms with Gasteiger partial charge in [0, 0.05) is 11.8 Å². The standard InChI is InChI=1S/C11H11ClN4O/c12-9-5-14-16(7-9)6-8-3-1-2-4-10(8)11(13)15-17/h1-5,7,17H,6H2,(H2,13,15). The molecule has 5 nitrogen and oxygen atoms in total. The van der Waals surface area contributed by atoms with Gasteiger partial charge in [-0.3, -0.25) is 4.68 Å². The second-order valence-corrected chi connectivity index (χ2v) is 3.93. The van der Waals surface area contributed by atoms with E-state index >= 15 is 0 Å². The minimum atomic E-state index is 0.0823. The highest BCUT2D eigenvalue weighted by molar-refractivity contribution is 6.30. The van der Waals surface area contributed by atoms with Crippen molar-refractivity contribution in [2.24, 2.45) is 10.9 Å². The van der Waals surface area contributed by atoms with Crippen LogP contribution in [-0.2, 0) is 6.54 Å². The maximum Gasteiger partial charge on any atom is 0.170 e. The molecule has 0 aliphatic carbocycles. The number of benzene rings is 1. The lowest BCUT2D eigenvalue weighted by Crippen LogP contribution is -2.16. The van der Waals surface area contributed by atoms with Gasteiger partial charge in [-0.05, 0) is 5.56 Å². The first-order valence-electron chi connectivity index (χ1n) is 4.94. The first-order chi connectivity index (χ1) is 8.20. The van der Waals surface area contributed by atoms with Gasteiger partial charge in [0.25, 0.3) is 0 Å². The molecule has 0 bridgehead atoms. The molecule has 1 aromatic heterocycles. The number of aromatic nitrogens is 2. The summed E-state index contributed by atoms with van der Waals surface area (Å²) in [4.78, 5) is 0. The van der Waals surface area contributed by atoms with Gasteiger partial charge in [0.15, 0.2) is 5.84 Å². The van der Waals surface area contributed by atoms with E-state index in [0.29, 0.717) is 17.1 Å². The lowest BCUT2D eigenvalue weighted by atomic mass is 10.1. The van der Waals surface area contributed by atoms with Crippen LogP contribution in [0, 0.1) is 0 Å². The van der Waals surface area contributed by atoms with Crippen LogP contribution in [0.3, 0.4) is 0 Å². The van der Waals surface area contributed by atoms with Crippen molar-refractivity contribution in [2.45, 2.75) is 6.54 Å². The van der Waals surface area contributed by atoms with Crippen molar-refractivity contribution in [3.05, 3.63) is 52.8 Å². The van der Waals surface area contributed by atoms with Gasteiger partial charge in [-0.25, -0.2) is 0 Å². The summed E-state index contributed by atoms with van der Waals surface area (Å²) in [6.45, 7) is 0.513. The summed E-state index contributed by atoms with van der Waals surface area (Å²) >= 11 is 5.78. The number of halogens is 1. The third kappa shape index (κ3) is 2.57. The molecular formula is C11H11ClN4O. The molecule has 0 aliphatic rings. The first kappa shape index (κ1) is 11.5. The summed E-state index contributed by atoms with van der Waals surface area (Å²) in [6, 6.07) is 7.39. The number of rotatable bonds is 3. The van der Waals surface area contributed by atoms with E-state index in [-0.39, 0.29) is 5.84 Å². The average Bonchev–Trinajstić information content (AvgIpc) is 2.74. The van der Waals surface area contributed by atoms with Crippen molar-refractivity contribution in [2.75, 3.05) is 0 Å². The van der Waals surface area contributed by atoms with E-state index in [9.17, 15) is 0 Å². The van der Waals surface area contributed by atoms with Crippen molar-refractivity contribution in [1.82, 2.24) is 9.78 Å². The maximum absolute atomic E-state index is 8.70. The molecule has 3 N–H and O–H groups in total. The number of hydrogen-bond acceptors (Lipinski definition) is 3. The van der Waals surface area contributed by atoms with E-state index in [0.717, 1.165) is 5.56 Å². The van der Waals surface area contributed by atoms with Gasteiger partial charge in [-0.1, -0.05) is 41.0 Å². The van der Waals surface area contributed by atoms with E-state index < -0.39 is 0 Å². The summed E-state index contributed by atoms with van der Waals surface area (Å²) in [5.74, 6) is 0.0823. The Bertz CT molecular complexity index is 550. The fourth-order valence-corrected chi connectivity index (χ4v) is 1.72. The van der Waals surface area contributed by atoms with Crippen molar-refractivity contribution >= 4 is 17.4 Å². The van der Waals surface area contributed by atoms with Crippen molar-refractivity contribution in [3.8, 4) is 0 Å². The van der Waals surface area contributed by atoms with E-state index in [1.165, 1.54) is 0 Å². The van der Waals surface area contributed by atoms with E-state index in [1.54, 1.807) is 23.1 Å². The fraction of sp³-hybridized carbons (Fsp3) is 0.0909. The van der Waals surface area contributed by atoms with Crippen LogP contribution in [0.15, 0.2) is 41.8 Å². The van der Waals surface area contributed by atoms with Crippen LogP contribution in [0.25, 0.3) is 0 Å². The minimum absolute atomic E-state index is 0.0823.